The van der Waals surface area contributed by atoms with Crippen LogP contribution in [0.15, 0.2) is 42.5 Å². The molecule has 126 valence electrons. The van der Waals surface area contributed by atoms with Crippen LogP contribution in [0.5, 0.6) is 0 Å². The van der Waals surface area contributed by atoms with Gasteiger partial charge in [-0.2, -0.15) is 0 Å². The molecule has 0 aliphatic rings. The predicted octanol–water partition coefficient (Wildman–Crippen LogP) is 2.42. The number of halogens is 1. The molecule has 0 radical (unpaired) electrons. The van der Waals surface area contributed by atoms with Crippen LogP contribution >= 0.6 is 0 Å². The number of amides is 1. The first-order valence-corrected chi connectivity index (χ1v) is 7.42. The molecule has 0 bridgehead atoms. The van der Waals surface area contributed by atoms with Crippen LogP contribution in [0.25, 0.3) is 0 Å². The highest BCUT2D eigenvalue weighted by molar-refractivity contribution is 5.94. The van der Waals surface area contributed by atoms with E-state index in [1.807, 2.05) is 6.92 Å². The zero-order valence-corrected chi connectivity index (χ0v) is 13.6. The molecule has 0 saturated carbocycles. The van der Waals surface area contributed by atoms with Gasteiger partial charge in [-0.15, -0.1) is 0 Å². The van der Waals surface area contributed by atoms with Gasteiger partial charge in [0.15, 0.2) is 6.10 Å². The predicted molar refractivity (Wildman–Crippen MR) is 90.2 cm³/mol. The number of nitrogens with two attached hydrogens (primary N) is 1. The first kappa shape index (κ1) is 17.6. The number of rotatable bonds is 6. The van der Waals surface area contributed by atoms with Gasteiger partial charge >= 0.3 is 0 Å². The second-order valence-corrected chi connectivity index (χ2v) is 5.47. The molecule has 24 heavy (non-hydrogen) atoms. The van der Waals surface area contributed by atoms with Crippen molar-refractivity contribution in [2.45, 2.75) is 19.6 Å². The third-order valence-electron chi connectivity index (χ3n) is 3.64. The van der Waals surface area contributed by atoms with Gasteiger partial charge in [0.2, 0.25) is 0 Å². The summed E-state index contributed by atoms with van der Waals surface area (Å²) in [4.78, 5) is 12.3. The van der Waals surface area contributed by atoms with E-state index >= 15 is 0 Å². The molecule has 0 saturated heterocycles. The zero-order chi connectivity index (χ0) is 17.7. The van der Waals surface area contributed by atoms with Gasteiger partial charge in [0.05, 0.1) is 0 Å². The summed E-state index contributed by atoms with van der Waals surface area (Å²) in [6.45, 7) is 2.09. The van der Waals surface area contributed by atoms with Crippen molar-refractivity contribution < 1.29 is 13.9 Å². The van der Waals surface area contributed by atoms with E-state index in [-0.39, 0.29) is 17.9 Å². The van der Waals surface area contributed by atoms with Crippen LogP contribution < -0.4 is 11.1 Å². The molecule has 1 amide bonds. The monoisotopic (exact) mass is 329 g/mol. The number of hydrogen-bond donors (Lipinski definition) is 3. The molecule has 6 heteroatoms. The van der Waals surface area contributed by atoms with Crippen LogP contribution in [0.1, 0.15) is 28.4 Å². The van der Waals surface area contributed by atoms with Crippen LogP contribution in [0.2, 0.25) is 0 Å². The number of methoxy groups -OCH3 is 1. The normalized spacial score (nSPS) is 11.8. The number of aryl methyl sites for hydroxylation is 1. The Hall–Kier alpha value is -2.73. The Balaban J connectivity index is 2.07. The van der Waals surface area contributed by atoms with Gasteiger partial charge in [-0.05, 0) is 18.6 Å². The lowest BCUT2D eigenvalue weighted by atomic mass is 10.0. The Morgan fingerprint density at radius 3 is 2.54 bits per heavy atom. The molecule has 0 aliphatic carbocycles. The van der Waals surface area contributed by atoms with E-state index in [2.05, 4.69) is 5.32 Å². The molecule has 0 spiro atoms. The van der Waals surface area contributed by atoms with E-state index in [0.29, 0.717) is 5.56 Å². The Morgan fingerprint density at radius 1 is 1.29 bits per heavy atom. The summed E-state index contributed by atoms with van der Waals surface area (Å²) < 4.78 is 19.1. The quantitative estimate of drug-likeness (QED) is 0.562. The van der Waals surface area contributed by atoms with Gasteiger partial charge in [-0.3, -0.25) is 10.2 Å². The maximum atomic E-state index is 14.0. The summed E-state index contributed by atoms with van der Waals surface area (Å²) in [6, 6.07) is 11.5. The highest BCUT2D eigenvalue weighted by Crippen LogP contribution is 2.22. The number of ether oxygens (including phenoxy) is 1. The zero-order valence-electron chi connectivity index (χ0n) is 13.6. The van der Waals surface area contributed by atoms with Gasteiger partial charge in [-0.1, -0.05) is 42.0 Å². The summed E-state index contributed by atoms with van der Waals surface area (Å²) in [5.74, 6) is -0.911. The number of carbonyl (C=O) groups is 1. The highest BCUT2D eigenvalue weighted by atomic mass is 19.1. The fourth-order valence-electron chi connectivity index (χ4n) is 2.32. The number of amidine groups is 1. The van der Waals surface area contributed by atoms with E-state index < -0.39 is 17.8 Å². The fourth-order valence-corrected chi connectivity index (χ4v) is 2.32. The average molecular weight is 329 g/mol. The maximum absolute atomic E-state index is 14.0. The lowest BCUT2D eigenvalue weighted by Crippen LogP contribution is -2.30. The van der Waals surface area contributed by atoms with Crippen molar-refractivity contribution in [3.8, 4) is 0 Å². The highest BCUT2D eigenvalue weighted by Gasteiger charge is 2.23. The Morgan fingerprint density at radius 2 is 1.96 bits per heavy atom. The van der Waals surface area contributed by atoms with E-state index in [4.69, 9.17) is 15.9 Å². The lowest BCUT2D eigenvalue weighted by molar-refractivity contribution is -0.131. The second kappa shape index (κ2) is 7.70. The SMILES string of the molecule is CO[C@H](C(=O)NCc1ccc(C(=N)N)cc1)c1cc(C)ccc1F. The van der Waals surface area contributed by atoms with Crippen molar-refractivity contribution in [3.05, 3.63) is 70.5 Å². The van der Waals surface area contributed by atoms with Crippen LogP contribution in [0.3, 0.4) is 0 Å². The van der Waals surface area contributed by atoms with Gasteiger partial charge < -0.3 is 15.8 Å². The number of nitrogens with one attached hydrogen (secondary N) is 2. The molecule has 2 aromatic carbocycles. The minimum absolute atomic E-state index is 0.0139. The molecule has 0 unspecified atom stereocenters. The minimum atomic E-state index is -1.01. The molecule has 4 N–H and O–H groups in total. The largest absolute Gasteiger partial charge is 0.384 e. The van der Waals surface area contributed by atoms with Gasteiger partial charge in [-0.25, -0.2) is 4.39 Å². The average Bonchev–Trinajstić information content (AvgIpc) is 2.57. The number of carbonyl (C=O) groups excluding carboxylic acids is 1. The molecule has 0 fully saturated rings. The van der Waals surface area contributed by atoms with E-state index in [1.54, 1.807) is 36.4 Å². The molecule has 5 nitrogen and oxygen atoms in total. The summed E-state index contributed by atoms with van der Waals surface area (Å²) >= 11 is 0. The van der Waals surface area contributed by atoms with E-state index in [1.165, 1.54) is 13.2 Å². The van der Waals surface area contributed by atoms with Crippen LogP contribution in [0.4, 0.5) is 4.39 Å². The third kappa shape index (κ3) is 4.17. The Labute approximate surface area is 140 Å². The molecule has 0 heterocycles. The van der Waals surface area contributed by atoms with Gasteiger partial charge in [0.25, 0.3) is 5.91 Å². The van der Waals surface area contributed by atoms with Crippen molar-refractivity contribution in [3.63, 3.8) is 0 Å². The van der Waals surface area contributed by atoms with Crippen molar-refractivity contribution in [2.24, 2.45) is 5.73 Å². The van der Waals surface area contributed by atoms with Gasteiger partial charge in [0.1, 0.15) is 11.7 Å². The molecule has 2 rings (SSSR count). The second-order valence-electron chi connectivity index (χ2n) is 5.47. The summed E-state index contributed by atoms with van der Waals surface area (Å²) in [6.07, 6.45) is -1.01. The first-order valence-electron chi connectivity index (χ1n) is 7.42. The van der Waals surface area contributed by atoms with Crippen molar-refractivity contribution in [1.82, 2.24) is 5.32 Å². The number of nitrogen functional groups attached to an aromatic ring is 1. The Kier molecular flexibility index (Phi) is 5.65. The topological polar surface area (TPSA) is 88.2 Å². The molecule has 2 aromatic rings. The van der Waals surface area contributed by atoms with Crippen molar-refractivity contribution >= 4 is 11.7 Å². The van der Waals surface area contributed by atoms with E-state index in [0.717, 1.165) is 11.1 Å². The third-order valence-corrected chi connectivity index (χ3v) is 3.64. The summed E-state index contributed by atoms with van der Waals surface area (Å²) in [7, 11) is 1.37. The molecule has 0 aromatic heterocycles. The van der Waals surface area contributed by atoms with Crippen LogP contribution in [0, 0.1) is 18.2 Å². The molecule has 0 aliphatic heterocycles. The van der Waals surface area contributed by atoms with Gasteiger partial charge in [0, 0.05) is 24.8 Å². The first-order chi connectivity index (χ1) is 11.4. The molecular weight excluding hydrogens is 309 g/mol. The number of benzene rings is 2. The lowest BCUT2D eigenvalue weighted by Gasteiger charge is -2.17. The summed E-state index contributed by atoms with van der Waals surface area (Å²) in [5.41, 5.74) is 7.91. The molecule has 1 atom stereocenters. The minimum Gasteiger partial charge on any atom is -0.384 e. The Bertz CT molecular complexity index is 744. The smallest absolute Gasteiger partial charge is 0.254 e. The fraction of sp³-hybridized carbons (Fsp3) is 0.222. The summed E-state index contributed by atoms with van der Waals surface area (Å²) in [5, 5.41) is 10.1. The maximum Gasteiger partial charge on any atom is 0.254 e. The number of hydrogen-bond acceptors (Lipinski definition) is 3. The standard InChI is InChI=1S/C18H20FN3O2/c1-11-3-8-15(19)14(9-11)16(24-2)18(23)22-10-12-4-6-13(7-5-12)17(20)21/h3-9,16H,10H2,1-2H3,(H3,20,21)(H,22,23)/t16-/m0/s1. The van der Waals surface area contributed by atoms with Crippen LogP contribution in [-0.2, 0) is 16.1 Å². The van der Waals surface area contributed by atoms with Crippen molar-refractivity contribution in [1.29, 1.82) is 5.41 Å². The van der Waals surface area contributed by atoms with Crippen molar-refractivity contribution in [2.75, 3.05) is 7.11 Å². The van der Waals surface area contributed by atoms with E-state index in [9.17, 15) is 9.18 Å². The molecular formula is C18H20FN3O2. The van der Waals surface area contributed by atoms with Crippen LogP contribution in [-0.4, -0.2) is 18.9 Å².